The van der Waals surface area contributed by atoms with Gasteiger partial charge in [-0.2, -0.15) is 5.26 Å². The van der Waals surface area contributed by atoms with Crippen molar-refractivity contribution in [1.82, 2.24) is 10.3 Å². The van der Waals surface area contributed by atoms with E-state index >= 15 is 0 Å². The zero-order valence-corrected chi connectivity index (χ0v) is 22.5. The molecule has 0 fully saturated rings. The van der Waals surface area contributed by atoms with E-state index < -0.39 is 0 Å². The predicted molar refractivity (Wildman–Crippen MR) is 150 cm³/mol. The van der Waals surface area contributed by atoms with Crippen LogP contribution in [0.4, 0.5) is 4.39 Å². The molecule has 0 saturated carbocycles. The highest BCUT2D eigenvalue weighted by atomic mass is 35.5. The summed E-state index contributed by atoms with van der Waals surface area (Å²) in [5, 5.41) is 13.1. The molecular formula is C32H29ClFN3O2. The lowest BCUT2D eigenvalue weighted by Crippen LogP contribution is -2.15. The molecule has 39 heavy (non-hydrogen) atoms. The molecule has 198 valence electrons. The molecule has 0 amide bonds. The minimum absolute atomic E-state index is 0.211. The first-order valence-electron chi connectivity index (χ1n) is 13.1. The van der Waals surface area contributed by atoms with E-state index in [2.05, 4.69) is 23.3 Å². The van der Waals surface area contributed by atoms with Gasteiger partial charge in [0, 0.05) is 41.7 Å². The van der Waals surface area contributed by atoms with Gasteiger partial charge in [-0.3, -0.25) is 4.98 Å². The lowest BCUT2D eigenvalue weighted by molar-refractivity contribution is 0.206. The topological polar surface area (TPSA) is 67.2 Å². The zero-order valence-electron chi connectivity index (χ0n) is 21.7. The first kappa shape index (κ1) is 26.7. The predicted octanol–water partition coefficient (Wildman–Crippen LogP) is 7.56. The van der Waals surface area contributed by atoms with Crippen LogP contribution in [0.25, 0.3) is 11.1 Å². The smallest absolute Gasteiger partial charge is 0.142 e. The van der Waals surface area contributed by atoms with Crippen LogP contribution >= 0.6 is 11.6 Å². The first-order valence-corrected chi connectivity index (χ1v) is 13.5. The second kappa shape index (κ2) is 12.3. The number of nitrogens with zero attached hydrogens (tertiary/aromatic N) is 2. The normalized spacial score (nSPS) is 14.1. The average Bonchev–Trinajstić information content (AvgIpc) is 3.37. The van der Waals surface area contributed by atoms with Gasteiger partial charge < -0.3 is 14.8 Å². The van der Waals surface area contributed by atoms with Crippen molar-refractivity contribution in [1.29, 1.82) is 5.26 Å². The van der Waals surface area contributed by atoms with E-state index in [9.17, 15) is 9.65 Å². The molecule has 7 heteroatoms. The highest BCUT2D eigenvalue weighted by Gasteiger charge is 2.28. The zero-order chi connectivity index (χ0) is 27.2. The van der Waals surface area contributed by atoms with Gasteiger partial charge >= 0.3 is 0 Å². The quantitative estimate of drug-likeness (QED) is 0.210. The molecule has 1 heterocycles. The van der Waals surface area contributed by atoms with Crippen molar-refractivity contribution in [3.05, 3.63) is 112 Å². The van der Waals surface area contributed by atoms with Crippen molar-refractivity contribution in [3.63, 3.8) is 0 Å². The van der Waals surface area contributed by atoms with Crippen molar-refractivity contribution < 1.29 is 13.9 Å². The molecule has 5 rings (SSSR count). The number of rotatable bonds is 10. The number of hydrogen-bond donors (Lipinski definition) is 1. The molecule has 0 saturated heterocycles. The number of ether oxygens (including phenoxy) is 2. The Morgan fingerprint density at radius 3 is 2.74 bits per heavy atom. The molecule has 0 radical (unpaired) electrons. The number of aromatic nitrogens is 1. The second-order valence-corrected chi connectivity index (χ2v) is 9.96. The van der Waals surface area contributed by atoms with E-state index in [1.165, 1.54) is 12.3 Å². The van der Waals surface area contributed by atoms with Crippen LogP contribution in [-0.2, 0) is 19.6 Å². The average molecular weight is 542 g/mol. The molecule has 0 unspecified atom stereocenters. The summed E-state index contributed by atoms with van der Waals surface area (Å²) < 4.78 is 27.3. The fourth-order valence-corrected chi connectivity index (χ4v) is 5.18. The SMILES string of the molecule is CCCNCc1cc(Cl)c(O[C@H]2CCc3c(-c4ccccc4F)cccc32)cc1OCc1cncc(C#N)c1. The van der Waals surface area contributed by atoms with Crippen molar-refractivity contribution in [2.45, 2.75) is 45.4 Å². The number of benzene rings is 3. The molecular weight excluding hydrogens is 513 g/mol. The third kappa shape index (κ3) is 6.06. The Kier molecular flexibility index (Phi) is 8.41. The van der Waals surface area contributed by atoms with E-state index in [0.717, 1.165) is 53.6 Å². The number of fused-ring (bicyclic) bond motifs is 1. The number of hydrogen-bond acceptors (Lipinski definition) is 5. The number of halogens is 2. The van der Waals surface area contributed by atoms with Crippen molar-refractivity contribution >= 4 is 11.6 Å². The highest BCUT2D eigenvalue weighted by molar-refractivity contribution is 6.32. The molecule has 0 bridgehead atoms. The van der Waals surface area contributed by atoms with Crippen LogP contribution in [0.15, 0.2) is 73.1 Å². The summed E-state index contributed by atoms with van der Waals surface area (Å²) in [7, 11) is 0. The monoisotopic (exact) mass is 541 g/mol. The Morgan fingerprint density at radius 2 is 1.92 bits per heavy atom. The molecule has 1 atom stereocenters. The minimum Gasteiger partial charge on any atom is -0.488 e. The van der Waals surface area contributed by atoms with E-state index in [0.29, 0.717) is 34.2 Å². The largest absolute Gasteiger partial charge is 0.488 e. The fourth-order valence-electron chi connectivity index (χ4n) is 4.95. The Hall–Kier alpha value is -3.92. The van der Waals surface area contributed by atoms with Gasteiger partial charge in [0.25, 0.3) is 0 Å². The summed E-state index contributed by atoms with van der Waals surface area (Å²) in [6.45, 7) is 3.83. The van der Waals surface area contributed by atoms with Gasteiger partial charge in [0.1, 0.15) is 36.1 Å². The van der Waals surface area contributed by atoms with Crippen molar-refractivity contribution in [2.75, 3.05) is 6.54 Å². The highest BCUT2D eigenvalue weighted by Crippen LogP contribution is 2.43. The fraction of sp³-hybridized carbons (Fsp3) is 0.250. The molecule has 5 nitrogen and oxygen atoms in total. The number of nitrogens with one attached hydrogen (secondary N) is 1. The summed E-state index contributed by atoms with van der Waals surface area (Å²) in [6, 6.07) is 20.4. The Balaban J connectivity index is 1.41. The third-order valence-corrected chi connectivity index (χ3v) is 7.12. The van der Waals surface area contributed by atoms with Gasteiger partial charge in [-0.15, -0.1) is 0 Å². The maximum atomic E-state index is 14.6. The number of nitriles is 1. The van der Waals surface area contributed by atoms with Crippen molar-refractivity contribution in [3.8, 4) is 28.7 Å². The molecule has 1 aliphatic rings. The van der Waals surface area contributed by atoms with Crippen LogP contribution in [-0.4, -0.2) is 11.5 Å². The van der Waals surface area contributed by atoms with E-state index in [1.807, 2.05) is 42.5 Å². The van der Waals surface area contributed by atoms with Gasteiger partial charge in [-0.1, -0.05) is 54.9 Å². The van der Waals surface area contributed by atoms with Crippen LogP contribution in [0.3, 0.4) is 0 Å². The Labute approximate surface area is 233 Å². The molecule has 1 aromatic heterocycles. The summed E-state index contributed by atoms with van der Waals surface area (Å²) in [5.41, 5.74) is 5.84. The van der Waals surface area contributed by atoms with Crippen LogP contribution < -0.4 is 14.8 Å². The summed E-state index contributed by atoms with van der Waals surface area (Å²) >= 11 is 6.72. The van der Waals surface area contributed by atoms with Crippen LogP contribution in [0.1, 0.15) is 53.7 Å². The summed E-state index contributed by atoms with van der Waals surface area (Å²) in [6.07, 6.45) is 5.55. The van der Waals surface area contributed by atoms with Crippen LogP contribution in [0.5, 0.6) is 11.5 Å². The molecule has 0 aliphatic heterocycles. The Bertz CT molecular complexity index is 1520. The summed E-state index contributed by atoms with van der Waals surface area (Å²) in [4.78, 5) is 4.12. The van der Waals surface area contributed by atoms with Gasteiger partial charge in [0.15, 0.2) is 0 Å². The van der Waals surface area contributed by atoms with E-state index in [4.69, 9.17) is 21.1 Å². The van der Waals surface area contributed by atoms with Gasteiger partial charge in [0.2, 0.25) is 0 Å². The standard InChI is InChI=1S/C32H29ClFN3O2/c1-2-12-36-19-23-14-28(33)32(15-31(23)38-20-22-13-21(16-35)17-37-18-22)39-30-11-10-25-24(7-5-8-27(25)30)26-6-3-4-9-29(26)34/h3-9,13-15,17-18,30,36H,2,10-12,19-20H2,1H3/t30-/m0/s1. The van der Waals surface area contributed by atoms with Gasteiger partial charge in [0.05, 0.1) is 10.6 Å². The molecule has 0 spiro atoms. The lowest BCUT2D eigenvalue weighted by Gasteiger charge is -2.20. The maximum absolute atomic E-state index is 14.6. The van der Waals surface area contributed by atoms with Gasteiger partial charge in [-0.25, -0.2) is 4.39 Å². The van der Waals surface area contributed by atoms with E-state index in [-0.39, 0.29) is 18.5 Å². The first-order chi connectivity index (χ1) is 19.1. The lowest BCUT2D eigenvalue weighted by atomic mass is 9.96. The van der Waals surface area contributed by atoms with Crippen molar-refractivity contribution in [2.24, 2.45) is 0 Å². The van der Waals surface area contributed by atoms with Crippen LogP contribution in [0, 0.1) is 17.1 Å². The third-order valence-electron chi connectivity index (χ3n) is 6.82. The maximum Gasteiger partial charge on any atom is 0.142 e. The molecule has 1 aliphatic carbocycles. The second-order valence-electron chi connectivity index (χ2n) is 9.55. The minimum atomic E-state index is -0.233. The summed E-state index contributed by atoms with van der Waals surface area (Å²) in [5.74, 6) is 0.950. The molecule has 3 aromatic carbocycles. The Morgan fingerprint density at radius 1 is 1.08 bits per heavy atom. The van der Waals surface area contributed by atoms with Crippen LogP contribution in [0.2, 0.25) is 5.02 Å². The molecule has 4 aromatic rings. The van der Waals surface area contributed by atoms with Gasteiger partial charge in [-0.05, 0) is 60.7 Å². The molecule has 1 N–H and O–H groups in total. The van der Waals surface area contributed by atoms with E-state index in [1.54, 1.807) is 18.3 Å². The number of pyridine rings is 1.